The van der Waals surface area contributed by atoms with Gasteiger partial charge in [0.25, 0.3) is 5.91 Å². The summed E-state index contributed by atoms with van der Waals surface area (Å²) in [5, 5.41) is 3.65. The smallest absolute Gasteiger partial charge is 0.271 e. The molecule has 0 bridgehead atoms. The van der Waals surface area contributed by atoms with Gasteiger partial charge in [-0.15, -0.1) is 0 Å². The first-order chi connectivity index (χ1) is 13.8. The maximum atomic E-state index is 13.0. The largest absolute Gasteiger partial charge is 0.416 e. The Balaban J connectivity index is 2.27. The van der Waals surface area contributed by atoms with Crippen LogP contribution >= 0.6 is 27.5 Å². The fraction of sp³-hybridized carbons (Fsp3) is 0.222. The lowest BCUT2D eigenvalue weighted by Gasteiger charge is -2.23. The van der Waals surface area contributed by atoms with Crippen LogP contribution in [0, 0.1) is 0 Å². The van der Waals surface area contributed by atoms with Crippen LogP contribution in [0.15, 0.2) is 52.0 Å². The van der Waals surface area contributed by atoms with Crippen LogP contribution in [-0.4, -0.2) is 32.8 Å². The fourth-order valence-corrected chi connectivity index (χ4v) is 3.72. The van der Waals surface area contributed by atoms with Crippen LogP contribution in [0.4, 0.5) is 18.9 Å². The highest BCUT2D eigenvalue weighted by molar-refractivity contribution is 9.10. The van der Waals surface area contributed by atoms with Crippen molar-refractivity contribution in [2.45, 2.75) is 13.1 Å². The third kappa shape index (κ3) is 6.44. The zero-order chi connectivity index (χ0) is 22.7. The van der Waals surface area contributed by atoms with Crippen LogP contribution in [0.5, 0.6) is 0 Å². The standard InChI is InChI=1S/C18H16BrClF3N3O3S/c1-11(12-3-6-14(19)7-4-12)24-25-17(27)10-26(30(2,28)29)16-9-13(18(21,22)23)5-8-15(16)20/h3-9H,10H2,1-2H3,(H,25,27)/b24-11-. The third-order valence-electron chi connectivity index (χ3n) is 3.84. The number of halogens is 5. The normalized spacial score (nSPS) is 12.6. The SMILES string of the molecule is C/C(=N/NC(=O)CN(c1cc(C(F)(F)F)ccc1Cl)S(C)(=O)=O)c1ccc(Br)cc1. The lowest BCUT2D eigenvalue weighted by Crippen LogP contribution is -2.39. The van der Waals surface area contributed by atoms with Crippen molar-refractivity contribution in [3.8, 4) is 0 Å². The van der Waals surface area contributed by atoms with E-state index in [2.05, 4.69) is 26.5 Å². The van der Waals surface area contributed by atoms with Gasteiger partial charge in [0.15, 0.2) is 0 Å². The number of anilines is 1. The van der Waals surface area contributed by atoms with Crippen LogP contribution < -0.4 is 9.73 Å². The minimum atomic E-state index is -4.71. The first kappa shape index (κ1) is 24.2. The van der Waals surface area contributed by atoms with E-state index in [1.165, 1.54) is 0 Å². The van der Waals surface area contributed by atoms with Gasteiger partial charge < -0.3 is 0 Å². The molecule has 12 heteroatoms. The van der Waals surface area contributed by atoms with Crippen LogP contribution in [-0.2, 0) is 21.0 Å². The number of hydrazone groups is 1. The summed E-state index contributed by atoms with van der Waals surface area (Å²) in [5.74, 6) is -0.856. The van der Waals surface area contributed by atoms with Crippen molar-refractivity contribution < 1.29 is 26.4 Å². The molecule has 0 heterocycles. The van der Waals surface area contributed by atoms with Gasteiger partial charge in [-0.2, -0.15) is 18.3 Å². The number of hydrogen-bond acceptors (Lipinski definition) is 4. The molecule has 0 unspecified atom stereocenters. The lowest BCUT2D eigenvalue weighted by molar-refractivity contribution is -0.137. The molecule has 1 amide bonds. The van der Waals surface area contributed by atoms with E-state index < -0.39 is 39.9 Å². The highest BCUT2D eigenvalue weighted by atomic mass is 79.9. The van der Waals surface area contributed by atoms with Gasteiger partial charge in [0.05, 0.1) is 28.2 Å². The van der Waals surface area contributed by atoms with Gasteiger partial charge in [-0.1, -0.05) is 39.7 Å². The molecule has 0 saturated heterocycles. The van der Waals surface area contributed by atoms with Crippen molar-refractivity contribution in [1.29, 1.82) is 0 Å². The van der Waals surface area contributed by atoms with E-state index in [9.17, 15) is 26.4 Å². The van der Waals surface area contributed by atoms with Gasteiger partial charge in [-0.25, -0.2) is 13.8 Å². The first-order valence-corrected chi connectivity index (χ1v) is 11.2. The number of carbonyl (C=O) groups is 1. The number of alkyl halides is 3. The summed E-state index contributed by atoms with van der Waals surface area (Å²) in [6.45, 7) is 0.818. The number of sulfonamides is 1. The Morgan fingerprint density at radius 1 is 1.20 bits per heavy atom. The molecular formula is C18H16BrClF3N3O3S. The summed E-state index contributed by atoms with van der Waals surface area (Å²) in [4.78, 5) is 12.3. The van der Waals surface area contributed by atoms with Crippen molar-refractivity contribution in [2.24, 2.45) is 5.10 Å². The highest BCUT2D eigenvalue weighted by Crippen LogP contribution is 2.36. The molecule has 6 nitrogen and oxygen atoms in total. The van der Waals surface area contributed by atoms with E-state index in [1.807, 2.05) is 0 Å². The van der Waals surface area contributed by atoms with Gasteiger partial charge in [-0.05, 0) is 42.8 Å². The van der Waals surface area contributed by atoms with E-state index in [0.717, 1.165) is 22.9 Å². The molecule has 2 aromatic rings. The molecule has 0 saturated carbocycles. The summed E-state index contributed by atoms with van der Waals surface area (Å²) in [6.07, 6.45) is -3.95. The Hall–Kier alpha value is -2.11. The van der Waals surface area contributed by atoms with Crippen LogP contribution in [0.3, 0.4) is 0 Å². The predicted octanol–water partition coefficient (Wildman–Crippen LogP) is 4.43. The van der Waals surface area contributed by atoms with E-state index in [4.69, 9.17) is 11.6 Å². The van der Waals surface area contributed by atoms with Crippen molar-refractivity contribution in [2.75, 3.05) is 17.1 Å². The maximum absolute atomic E-state index is 13.0. The molecular weight excluding hydrogens is 511 g/mol. The fourth-order valence-electron chi connectivity index (χ4n) is 2.33. The molecule has 0 fully saturated rings. The quantitative estimate of drug-likeness (QED) is 0.447. The van der Waals surface area contributed by atoms with Gasteiger partial charge >= 0.3 is 6.18 Å². The Morgan fingerprint density at radius 2 is 1.80 bits per heavy atom. The maximum Gasteiger partial charge on any atom is 0.416 e. The predicted molar refractivity (Wildman–Crippen MR) is 113 cm³/mol. The molecule has 0 radical (unpaired) electrons. The van der Waals surface area contributed by atoms with Crippen molar-refractivity contribution >= 4 is 54.9 Å². The monoisotopic (exact) mass is 525 g/mol. The van der Waals surface area contributed by atoms with E-state index in [-0.39, 0.29) is 5.02 Å². The van der Waals surface area contributed by atoms with Crippen molar-refractivity contribution in [3.63, 3.8) is 0 Å². The van der Waals surface area contributed by atoms with Gasteiger partial charge in [0.1, 0.15) is 6.54 Å². The Kier molecular flexibility index (Phi) is 7.54. The third-order valence-corrected chi connectivity index (χ3v) is 5.81. The number of hydrogen-bond donors (Lipinski definition) is 1. The number of carbonyl (C=O) groups excluding carboxylic acids is 1. The Bertz CT molecular complexity index is 1070. The van der Waals surface area contributed by atoms with E-state index in [1.54, 1.807) is 31.2 Å². The first-order valence-electron chi connectivity index (χ1n) is 8.22. The molecule has 30 heavy (non-hydrogen) atoms. The second-order valence-electron chi connectivity index (χ2n) is 6.17. The summed E-state index contributed by atoms with van der Waals surface area (Å²) >= 11 is 9.21. The summed E-state index contributed by atoms with van der Waals surface area (Å²) < 4.78 is 64.6. The topological polar surface area (TPSA) is 78.8 Å². The van der Waals surface area contributed by atoms with Crippen LogP contribution in [0.1, 0.15) is 18.1 Å². The van der Waals surface area contributed by atoms with Crippen LogP contribution in [0.25, 0.3) is 0 Å². The molecule has 0 aromatic heterocycles. The highest BCUT2D eigenvalue weighted by Gasteiger charge is 2.33. The molecule has 2 aromatic carbocycles. The number of rotatable bonds is 6. The lowest BCUT2D eigenvalue weighted by atomic mass is 10.1. The molecule has 162 valence electrons. The molecule has 0 aliphatic rings. The summed E-state index contributed by atoms with van der Waals surface area (Å²) in [7, 11) is -4.13. The van der Waals surface area contributed by atoms with E-state index >= 15 is 0 Å². The molecule has 0 atom stereocenters. The van der Waals surface area contributed by atoms with Crippen molar-refractivity contribution in [3.05, 3.63) is 63.1 Å². The molecule has 0 aliphatic heterocycles. The molecule has 0 spiro atoms. The van der Waals surface area contributed by atoms with E-state index in [0.29, 0.717) is 21.6 Å². The average molecular weight is 527 g/mol. The minimum absolute atomic E-state index is 0.254. The second kappa shape index (κ2) is 9.36. The molecule has 0 aliphatic carbocycles. The number of amides is 1. The zero-order valence-electron chi connectivity index (χ0n) is 15.7. The van der Waals surface area contributed by atoms with Gasteiger partial charge in [0.2, 0.25) is 10.0 Å². The number of nitrogens with zero attached hydrogens (tertiary/aromatic N) is 2. The summed E-state index contributed by atoms with van der Waals surface area (Å²) in [6, 6.07) is 9.27. The number of benzene rings is 2. The Morgan fingerprint density at radius 3 is 2.33 bits per heavy atom. The van der Waals surface area contributed by atoms with Crippen LogP contribution in [0.2, 0.25) is 5.02 Å². The molecule has 2 rings (SSSR count). The van der Waals surface area contributed by atoms with Gasteiger partial charge in [-0.3, -0.25) is 9.10 Å². The van der Waals surface area contributed by atoms with Gasteiger partial charge in [0, 0.05) is 4.47 Å². The molecule has 1 N–H and O–H groups in total. The summed E-state index contributed by atoms with van der Waals surface area (Å²) in [5.41, 5.74) is 1.79. The number of nitrogens with one attached hydrogen (secondary N) is 1. The minimum Gasteiger partial charge on any atom is -0.271 e. The second-order valence-corrected chi connectivity index (χ2v) is 9.40. The Labute approximate surface area is 184 Å². The average Bonchev–Trinajstić information content (AvgIpc) is 2.63. The zero-order valence-corrected chi connectivity index (χ0v) is 18.8. The van der Waals surface area contributed by atoms with Crippen molar-refractivity contribution in [1.82, 2.24) is 5.43 Å².